The fourth-order valence-electron chi connectivity index (χ4n) is 2.84. The number of aliphatic imine (C=N–C) groups is 1. The number of hydrogen-bond acceptors (Lipinski definition) is 2. The number of rotatable bonds is 2. The fraction of sp³-hybridized carbons (Fsp3) is 0.0526. The van der Waals surface area contributed by atoms with Gasteiger partial charge in [-0.25, -0.2) is 4.68 Å². The maximum Gasteiger partial charge on any atom is 0.278 e. The van der Waals surface area contributed by atoms with Crippen molar-refractivity contribution in [2.45, 2.75) is 6.92 Å². The van der Waals surface area contributed by atoms with E-state index in [0.717, 1.165) is 22.5 Å². The number of benzene rings is 2. The molecule has 0 unspecified atom stereocenters. The molecule has 0 saturated carbocycles. The summed E-state index contributed by atoms with van der Waals surface area (Å²) in [5.74, 6) is 0. The molecule has 0 radical (unpaired) electrons. The third kappa shape index (κ3) is 2.41. The van der Waals surface area contributed by atoms with Crippen molar-refractivity contribution in [3.05, 3.63) is 80.7 Å². The Labute approximate surface area is 143 Å². The van der Waals surface area contributed by atoms with Crippen molar-refractivity contribution >= 4 is 35.2 Å². The Kier molecular flexibility index (Phi) is 3.47. The van der Waals surface area contributed by atoms with Crippen LogP contribution >= 0.6 is 11.6 Å². The number of hydrogen-bond donors (Lipinski definition) is 1. The van der Waals surface area contributed by atoms with E-state index in [-0.39, 0.29) is 5.56 Å². The molecule has 0 atom stereocenters. The molecule has 1 aliphatic heterocycles. The first-order valence-electron chi connectivity index (χ1n) is 7.56. The van der Waals surface area contributed by atoms with E-state index in [1.807, 2.05) is 49.4 Å². The van der Waals surface area contributed by atoms with E-state index in [2.05, 4.69) is 10.1 Å². The average Bonchev–Trinajstić information content (AvgIpc) is 3.11. The maximum absolute atomic E-state index is 12.8. The SMILES string of the molecule is Cc1[nH]n(-c2cccc(Cl)c2)c(=O)c1/C=C1\C=Nc2ccccc21. The second-order valence-corrected chi connectivity index (χ2v) is 6.08. The molecular formula is C19H14ClN3O. The summed E-state index contributed by atoms with van der Waals surface area (Å²) >= 11 is 6.03. The van der Waals surface area contributed by atoms with Crippen molar-refractivity contribution in [2.75, 3.05) is 0 Å². The lowest BCUT2D eigenvalue weighted by atomic mass is 10.0. The number of aryl methyl sites for hydroxylation is 1. The van der Waals surface area contributed by atoms with Gasteiger partial charge in [-0.2, -0.15) is 0 Å². The highest BCUT2D eigenvalue weighted by Crippen LogP contribution is 2.32. The molecule has 4 nitrogen and oxygen atoms in total. The van der Waals surface area contributed by atoms with Gasteiger partial charge in [0.2, 0.25) is 0 Å². The molecule has 0 spiro atoms. The molecule has 0 saturated heterocycles. The highest BCUT2D eigenvalue weighted by molar-refractivity contribution is 6.30. The predicted molar refractivity (Wildman–Crippen MR) is 98.6 cm³/mol. The summed E-state index contributed by atoms with van der Waals surface area (Å²) in [7, 11) is 0. The van der Waals surface area contributed by atoms with Crippen molar-refractivity contribution in [1.82, 2.24) is 9.78 Å². The van der Waals surface area contributed by atoms with Gasteiger partial charge in [-0.3, -0.25) is 14.9 Å². The monoisotopic (exact) mass is 335 g/mol. The Hall–Kier alpha value is -2.85. The molecular weight excluding hydrogens is 322 g/mol. The topological polar surface area (TPSA) is 50.1 Å². The fourth-order valence-corrected chi connectivity index (χ4v) is 3.02. The first-order valence-corrected chi connectivity index (χ1v) is 7.94. The number of allylic oxidation sites excluding steroid dienone is 1. The van der Waals surface area contributed by atoms with E-state index >= 15 is 0 Å². The Morgan fingerprint density at radius 3 is 2.83 bits per heavy atom. The van der Waals surface area contributed by atoms with E-state index in [1.165, 1.54) is 4.68 Å². The number of halogens is 1. The molecule has 2 aromatic carbocycles. The minimum absolute atomic E-state index is 0.111. The summed E-state index contributed by atoms with van der Waals surface area (Å²) in [4.78, 5) is 17.2. The average molecular weight is 336 g/mol. The van der Waals surface area contributed by atoms with Crippen LogP contribution in [0.4, 0.5) is 5.69 Å². The first kappa shape index (κ1) is 14.7. The van der Waals surface area contributed by atoms with Gasteiger partial charge in [-0.05, 0) is 37.3 Å². The number of fused-ring (bicyclic) bond motifs is 1. The van der Waals surface area contributed by atoms with Gasteiger partial charge in [-0.1, -0.05) is 35.9 Å². The standard InChI is InChI=1S/C19H14ClN3O/c1-12-17(9-13-11-21-18-8-3-2-7-16(13)18)19(24)23(22-12)15-6-4-5-14(20)10-15/h2-11,22H,1H3/b13-9+. The van der Waals surface area contributed by atoms with Crippen LogP contribution in [-0.4, -0.2) is 16.0 Å². The van der Waals surface area contributed by atoms with Crippen LogP contribution in [-0.2, 0) is 0 Å². The van der Waals surface area contributed by atoms with Crippen molar-refractivity contribution in [2.24, 2.45) is 4.99 Å². The third-order valence-electron chi connectivity index (χ3n) is 4.04. The molecule has 0 aliphatic carbocycles. The van der Waals surface area contributed by atoms with Gasteiger partial charge in [0.05, 0.1) is 16.9 Å². The molecule has 2 heterocycles. The molecule has 1 aromatic heterocycles. The normalized spacial score (nSPS) is 14.3. The number of nitrogens with zero attached hydrogens (tertiary/aromatic N) is 2. The van der Waals surface area contributed by atoms with E-state index < -0.39 is 0 Å². The lowest BCUT2D eigenvalue weighted by molar-refractivity contribution is 0.835. The Bertz CT molecular complexity index is 1060. The van der Waals surface area contributed by atoms with Gasteiger partial charge in [0.15, 0.2) is 0 Å². The van der Waals surface area contributed by atoms with Gasteiger partial charge in [0.1, 0.15) is 0 Å². The van der Waals surface area contributed by atoms with Crippen LogP contribution in [0.1, 0.15) is 16.8 Å². The van der Waals surface area contributed by atoms with Crippen molar-refractivity contribution in [3.8, 4) is 5.69 Å². The summed E-state index contributed by atoms with van der Waals surface area (Å²) in [6.07, 6.45) is 3.67. The molecule has 3 aromatic rings. The summed E-state index contributed by atoms with van der Waals surface area (Å²) < 4.78 is 1.51. The number of nitrogens with one attached hydrogen (secondary N) is 1. The number of aromatic amines is 1. The van der Waals surface area contributed by atoms with Crippen LogP contribution in [0.15, 0.2) is 58.3 Å². The molecule has 24 heavy (non-hydrogen) atoms. The molecule has 1 N–H and O–H groups in total. The molecule has 118 valence electrons. The maximum atomic E-state index is 12.8. The zero-order valence-electron chi connectivity index (χ0n) is 13.0. The van der Waals surface area contributed by atoms with Crippen LogP contribution < -0.4 is 5.56 Å². The van der Waals surface area contributed by atoms with E-state index in [9.17, 15) is 4.79 Å². The minimum atomic E-state index is -0.111. The summed E-state index contributed by atoms with van der Waals surface area (Å²) in [5, 5.41) is 3.70. The van der Waals surface area contributed by atoms with E-state index in [0.29, 0.717) is 16.3 Å². The quantitative estimate of drug-likeness (QED) is 0.742. The van der Waals surface area contributed by atoms with Crippen LogP contribution in [0, 0.1) is 6.92 Å². The molecule has 0 fully saturated rings. The molecule has 1 aliphatic rings. The summed E-state index contributed by atoms with van der Waals surface area (Å²) in [6.45, 7) is 1.88. The van der Waals surface area contributed by atoms with Gasteiger partial charge in [-0.15, -0.1) is 0 Å². The Morgan fingerprint density at radius 2 is 2.00 bits per heavy atom. The largest absolute Gasteiger partial charge is 0.295 e. The minimum Gasteiger partial charge on any atom is -0.295 e. The third-order valence-corrected chi connectivity index (χ3v) is 4.28. The molecule has 5 heteroatoms. The predicted octanol–water partition coefficient (Wildman–Crippen LogP) is 4.38. The Balaban J connectivity index is 1.83. The van der Waals surface area contributed by atoms with Crippen LogP contribution in [0.3, 0.4) is 0 Å². The van der Waals surface area contributed by atoms with E-state index in [1.54, 1.807) is 18.3 Å². The second kappa shape index (κ2) is 5.65. The first-order chi connectivity index (χ1) is 11.6. The smallest absolute Gasteiger partial charge is 0.278 e. The number of H-pyrrole nitrogens is 1. The number of para-hydroxylation sites is 1. The Morgan fingerprint density at radius 1 is 1.17 bits per heavy atom. The zero-order valence-corrected chi connectivity index (χ0v) is 13.7. The molecule has 4 rings (SSSR count). The zero-order chi connectivity index (χ0) is 16.7. The summed E-state index contributed by atoms with van der Waals surface area (Å²) in [5.41, 5.74) is 4.90. The second-order valence-electron chi connectivity index (χ2n) is 5.65. The van der Waals surface area contributed by atoms with Crippen LogP contribution in [0.5, 0.6) is 0 Å². The van der Waals surface area contributed by atoms with Gasteiger partial charge in [0, 0.05) is 28.1 Å². The van der Waals surface area contributed by atoms with Crippen molar-refractivity contribution in [3.63, 3.8) is 0 Å². The highest BCUT2D eigenvalue weighted by atomic mass is 35.5. The van der Waals surface area contributed by atoms with Crippen LogP contribution in [0.2, 0.25) is 5.02 Å². The lowest BCUT2D eigenvalue weighted by Crippen LogP contribution is -2.15. The van der Waals surface area contributed by atoms with Gasteiger partial charge >= 0.3 is 0 Å². The highest BCUT2D eigenvalue weighted by Gasteiger charge is 2.15. The lowest BCUT2D eigenvalue weighted by Gasteiger charge is -2.01. The van der Waals surface area contributed by atoms with Gasteiger partial charge in [0.25, 0.3) is 5.56 Å². The van der Waals surface area contributed by atoms with Gasteiger partial charge < -0.3 is 0 Å². The molecule has 0 bridgehead atoms. The molecule has 0 amide bonds. The van der Waals surface area contributed by atoms with Crippen molar-refractivity contribution < 1.29 is 0 Å². The summed E-state index contributed by atoms with van der Waals surface area (Å²) in [6, 6.07) is 15.1. The van der Waals surface area contributed by atoms with Crippen LogP contribution in [0.25, 0.3) is 17.3 Å². The van der Waals surface area contributed by atoms with E-state index in [4.69, 9.17) is 11.6 Å². The van der Waals surface area contributed by atoms with Crippen molar-refractivity contribution in [1.29, 1.82) is 0 Å². The number of aromatic nitrogens is 2.